The lowest BCUT2D eigenvalue weighted by Gasteiger charge is -2.33. The van der Waals surface area contributed by atoms with Gasteiger partial charge < -0.3 is 25.8 Å². The summed E-state index contributed by atoms with van der Waals surface area (Å²) < 4.78 is 53.5. The number of hydrogen-bond donors (Lipinski definition) is 4. The molecule has 0 spiro atoms. The highest BCUT2D eigenvalue weighted by molar-refractivity contribution is 7.93. The molecule has 0 atom stereocenters. The Bertz CT molecular complexity index is 1500. The summed E-state index contributed by atoms with van der Waals surface area (Å²) in [5, 5.41) is 15.4. The zero-order valence-corrected chi connectivity index (χ0v) is 26.7. The lowest BCUT2D eigenvalue weighted by atomic mass is 10.1. The van der Waals surface area contributed by atoms with Crippen molar-refractivity contribution in [2.75, 3.05) is 36.3 Å². The molecule has 1 aliphatic heterocycles. The molecular weight excluding hydrogens is 638 g/mol. The highest BCUT2D eigenvalue weighted by Gasteiger charge is 2.29. The van der Waals surface area contributed by atoms with Crippen LogP contribution in [0.2, 0.25) is 0 Å². The van der Waals surface area contributed by atoms with Crippen molar-refractivity contribution >= 4 is 70.1 Å². The number of anilines is 1. The molecule has 1 amide bonds. The van der Waals surface area contributed by atoms with Crippen LogP contribution in [-0.2, 0) is 19.6 Å². The summed E-state index contributed by atoms with van der Waals surface area (Å²) >= 11 is 0. The van der Waals surface area contributed by atoms with Gasteiger partial charge in [-0.3, -0.25) is 24.7 Å². The molecule has 16 heteroatoms. The Balaban J connectivity index is 0.00000484. The van der Waals surface area contributed by atoms with Crippen LogP contribution < -0.4 is 20.5 Å². The number of halogens is 3. The van der Waals surface area contributed by atoms with E-state index in [0.29, 0.717) is 47.2 Å². The van der Waals surface area contributed by atoms with E-state index in [1.165, 1.54) is 31.2 Å². The van der Waals surface area contributed by atoms with Crippen LogP contribution in [0.15, 0.2) is 48.3 Å². The minimum Gasteiger partial charge on any atom is -0.489 e. The van der Waals surface area contributed by atoms with Crippen LogP contribution in [0.4, 0.5) is 10.1 Å². The minimum absolute atomic E-state index is 0. The molecule has 242 valence electrons. The lowest BCUT2D eigenvalue weighted by molar-refractivity contribution is -0.139. The number of rotatable bonds is 12. The third-order valence-corrected chi connectivity index (χ3v) is 8.10. The number of nitrogens with zero attached hydrogens (tertiary/aromatic N) is 2. The number of sulfonamides is 1. The van der Waals surface area contributed by atoms with E-state index < -0.39 is 40.0 Å². The molecule has 44 heavy (non-hydrogen) atoms. The number of carbonyl (C=O) groups excluding carboxylic acids is 2. The number of amides is 1. The zero-order valence-electron chi connectivity index (χ0n) is 24.2. The first-order chi connectivity index (χ1) is 19.8. The summed E-state index contributed by atoms with van der Waals surface area (Å²) in [6.45, 7) is 3.56. The second-order valence-electron chi connectivity index (χ2n) is 9.63. The quantitative estimate of drug-likeness (QED) is 0.149. The molecule has 0 radical (unpaired) electrons. The van der Waals surface area contributed by atoms with Crippen molar-refractivity contribution in [1.29, 1.82) is 10.8 Å². The second-order valence-corrected chi connectivity index (χ2v) is 11.5. The van der Waals surface area contributed by atoms with Gasteiger partial charge in [-0.25, -0.2) is 12.8 Å². The van der Waals surface area contributed by atoms with Crippen molar-refractivity contribution in [3.63, 3.8) is 0 Å². The number of nitrogens with two attached hydrogens (primary N) is 2. The average molecular weight is 676 g/mol. The lowest BCUT2D eigenvalue weighted by Crippen LogP contribution is -2.40. The van der Waals surface area contributed by atoms with Gasteiger partial charge in [0, 0.05) is 31.5 Å². The number of carbonyl (C=O) groups is 2. The first-order valence-electron chi connectivity index (χ1n) is 13.2. The molecule has 1 fully saturated rings. The van der Waals surface area contributed by atoms with E-state index in [2.05, 4.69) is 0 Å². The second kappa shape index (κ2) is 16.8. The number of piperidine rings is 1. The van der Waals surface area contributed by atoms with Gasteiger partial charge in [-0.1, -0.05) is 18.2 Å². The maximum atomic E-state index is 15.3. The van der Waals surface area contributed by atoms with Gasteiger partial charge in [-0.05, 0) is 49.8 Å². The smallest absolute Gasteiger partial charge is 0.323 e. The molecule has 0 aliphatic carbocycles. The number of amidine groups is 2. The van der Waals surface area contributed by atoms with Crippen LogP contribution in [-0.4, -0.2) is 75.0 Å². The number of nitrogen functional groups attached to an aromatic ring is 1. The average Bonchev–Trinajstić information content (AvgIpc) is 2.92. The summed E-state index contributed by atoms with van der Waals surface area (Å²) in [7, 11) is -4.50. The van der Waals surface area contributed by atoms with Gasteiger partial charge in [0.1, 0.15) is 23.5 Å². The van der Waals surface area contributed by atoms with E-state index in [-0.39, 0.29) is 60.4 Å². The maximum Gasteiger partial charge on any atom is 0.323 e. The fraction of sp³-hybridized carbons (Fsp3) is 0.357. The molecule has 3 rings (SSSR count). The summed E-state index contributed by atoms with van der Waals surface area (Å²) in [6, 6.07) is 10.1. The van der Waals surface area contributed by atoms with Gasteiger partial charge >= 0.3 is 5.97 Å². The van der Waals surface area contributed by atoms with Gasteiger partial charge in [0.05, 0.1) is 30.2 Å². The molecule has 1 aliphatic rings. The summed E-state index contributed by atoms with van der Waals surface area (Å²) in [5.74, 6) is -3.51. The number of likely N-dealkylation sites (tertiary alicyclic amines) is 1. The number of nitrogens with one attached hydrogen (secondary N) is 2. The number of ether oxygens (including phenoxy) is 2. The normalized spacial score (nSPS) is 13.6. The molecule has 0 aromatic heterocycles. The molecule has 0 unspecified atom stereocenters. The van der Waals surface area contributed by atoms with Crippen molar-refractivity contribution in [1.82, 2.24) is 4.90 Å². The van der Waals surface area contributed by atoms with Crippen molar-refractivity contribution < 1.29 is 31.9 Å². The van der Waals surface area contributed by atoms with Crippen LogP contribution in [0.1, 0.15) is 48.2 Å². The molecule has 12 nitrogen and oxygen atoms in total. The van der Waals surface area contributed by atoms with Crippen molar-refractivity contribution in [2.24, 2.45) is 11.5 Å². The maximum absolute atomic E-state index is 15.3. The molecule has 1 saturated heterocycles. The Kier molecular flexibility index (Phi) is 14.6. The fourth-order valence-corrected chi connectivity index (χ4v) is 5.69. The Morgan fingerprint density at radius 3 is 2.34 bits per heavy atom. The standard InChI is InChI=1S/C28H35FN6O6S.2ClH/c1-3-40-26(36)17-42(38,39)35(16-21(29)14-19-5-4-6-20(13-19)27(31)32)22-7-8-25(24(15-22)28(33)37)41-23-9-11-34(12-10-23)18(2)30;;/h4-8,13-15,23,30H,3,9-12,16-17H2,1-2H3,(H3,31,32)(H2,33,37);2*1H/b21-14-,30-18?;;. The van der Waals surface area contributed by atoms with E-state index in [1.54, 1.807) is 25.1 Å². The topological polar surface area (TPSA) is 193 Å². The van der Waals surface area contributed by atoms with E-state index in [4.69, 9.17) is 31.8 Å². The van der Waals surface area contributed by atoms with E-state index in [9.17, 15) is 18.0 Å². The summed E-state index contributed by atoms with van der Waals surface area (Å²) in [4.78, 5) is 26.4. The largest absolute Gasteiger partial charge is 0.489 e. The SMILES string of the molecule is CCOC(=O)CS(=O)(=O)N(C/C(F)=C/c1cccc(C(=N)N)c1)c1ccc(OC2CCN(C(C)=N)CC2)c(C(N)=O)c1.Cl.Cl. The van der Waals surface area contributed by atoms with Gasteiger partial charge in [-0.2, -0.15) is 0 Å². The Labute approximate surface area is 268 Å². The summed E-state index contributed by atoms with van der Waals surface area (Å²) in [5.41, 5.74) is 11.6. The van der Waals surface area contributed by atoms with Gasteiger partial charge in [0.15, 0.2) is 5.75 Å². The van der Waals surface area contributed by atoms with Gasteiger partial charge in [0.25, 0.3) is 5.91 Å². The monoisotopic (exact) mass is 674 g/mol. The minimum atomic E-state index is -4.50. The summed E-state index contributed by atoms with van der Waals surface area (Å²) in [6.07, 6.45) is 2.00. The van der Waals surface area contributed by atoms with Gasteiger partial charge in [-0.15, -0.1) is 24.8 Å². The van der Waals surface area contributed by atoms with E-state index >= 15 is 4.39 Å². The predicted molar refractivity (Wildman–Crippen MR) is 172 cm³/mol. The van der Waals surface area contributed by atoms with E-state index in [0.717, 1.165) is 6.08 Å². The molecule has 2 aromatic rings. The molecule has 0 saturated carbocycles. The van der Waals surface area contributed by atoms with Crippen LogP contribution >= 0.6 is 24.8 Å². The van der Waals surface area contributed by atoms with Crippen LogP contribution in [0.25, 0.3) is 6.08 Å². The molecule has 6 N–H and O–H groups in total. The number of benzene rings is 2. The predicted octanol–water partition coefficient (Wildman–Crippen LogP) is 3.46. The molecule has 2 aromatic carbocycles. The number of esters is 1. The van der Waals surface area contributed by atoms with Crippen molar-refractivity contribution in [2.45, 2.75) is 32.8 Å². The number of hydrogen-bond acceptors (Lipinski definition) is 8. The third-order valence-electron chi connectivity index (χ3n) is 6.48. The highest BCUT2D eigenvalue weighted by Crippen LogP contribution is 2.30. The van der Waals surface area contributed by atoms with Crippen molar-refractivity contribution in [3.05, 3.63) is 65.0 Å². The van der Waals surface area contributed by atoms with E-state index in [1.807, 2.05) is 4.90 Å². The van der Waals surface area contributed by atoms with Gasteiger partial charge in [0.2, 0.25) is 10.0 Å². The third kappa shape index (κ3) is 10.4. The Hall–Kier alpha value is -3.88. The zero-order chi connectivity index (χ0) is 31.0. The Morgan fingerprint density at radius 2 is 1.77 bits per heavy atom. The first-order valence-corrected chi connectivity index (χ1v) is 14.8. The molecule has 1 heterocycles. The van der Waals surface area contributed by atoms with Crippen LogP contribution in [0.5, 0.6) is 5.75 Å². The number of primary amides is 1. The Morgan fingerprint density at radius 1 is 1.11 bits per heavy atom. The highest BCUT2D eigenvalue weighted by atomic mass is 35.5. The van der Waals surface area contributed by atoms with Crippen LogP contribution in [0, 0.1) is 10.8 Å². The van der Waals surface area contributed by atoms with Crippen LogP contribution in [0.3, 0.4) is 0 Å². The fourth-order valence-electron chi connectivity index (χ4n) is 4.40. The molecular formula is C28H37Cl2FN6O6S. The van der Waals surface area contributed by atoms with Crippen molar-refractivity contribution in [3.8, 4) is 5.75 Å². The molecule has 0 bridgehead atoms. The first kappa shape index (κ1) is 38.1.